The van der Waals surface area contributed by atoms with Crippen LogP contribution in [0.4, 0.5) is 11.4 Å². The van der Waals surface area contributed by atoms with Gasteiger partial charge in [0.2, 0.25) is 5.91 Å². The van der Waals surface area contributed by atoms with Crippen LogP contribution in [-0.4, -0.2) is 24.4 Å². The molecule has 0 bridgehead atoms. The Morgan fingerprint density at radius 2 is 1.44 bits per heavy atom. The molecule has 160 valence electrons. The molecule has 0 unspecified atom stereocenters. The van der Waals surface area contributed by atoms with Crippen LogP contribution in [0.3, 0.4) is 0 Å². The van der Waals surface area contributed by atoms with Crippen molar-refractivity contribution in [2.75, 3.05) is 11.5 Å². The zero-order valence-electron chi connectivity index (χ0n) is 17.3. The third kappa shape index (κ3) is 4.73. The summed E-state index contributed by atoms with van der Waals surface area (Å²) >= 11 is 1.58. The molecule has 0 atom stereocenters. The van der Waals surface area contributed by atoms with Crippen LogP contribution in [0.25, 0.3) is 6.08 Å². The van der Waals surface area contributed by atoms with Gasteiger partial charge in [0, 0.05) is 16.7 Å². The van der Waals surface area contributed by atoms with E-state index in [1.54, 1.807) is 28.8 Å². The molecule has 0 saturated heterocycles. The zero-order valence-corrected chi connectivity index (χ0v) is 18.1. The minimum atomic E-state index is -0.787. The van der Waals surface area contributed by atoms with Crippen LogP contribution in [0.5, 0.6) is 0 Å². The van der Waals surface area contributed by atoms with E-state index in [-0.39, 0.29) is 11.6 Å². The number of rotatable bonds is 5. The van der Waals surface area contributed by atoms with Gasteiger partial charge in [0.1, 0.15) is 5.70 Å². The van der Waals surface area contributed by atoms with Crippen LogP contribution in [-0.2, 0) is 19.1 Å². The SMILES string of the molecule is CC(=O)N/C(=C/c1ccccc1)C(=O)OCC(=O)N1c2ccccc2Sc2ccccc21. The van der Waals surface area contributed by atoms with Crippen LogP contribution in [0.15, 0.2) is 94.4 Å². The summed E-state index contributed by atoms with van der Waals surface area (Å²) in [7, 11) is 0. The van der Waals surface area contributed by atoms with Gasteiger partial charge in [-0.3, -0.25) is 14.5 Å². The van der Waals surface area contributed by atoms with Crippen molar-refractivity contribution in [2.24, 2.45) is 0 Å². The van der Waals surface area contributed by atoms with Crippen LogP contribution in [0.1, 0.15) is 12.5 Å². The molecular formula is C25H20N2O4S. The number of carbonyl (C=O) groups excluding carboxylic acids is 3. The van der Waals surface area contributed by atoms with Crippen molar-refractivity contribution in [3.8, 4) is 0 Å². The molecule has 1 heterocycles. The molecule has 3 aromatic carbocycles. The van der Waals surface area contributed by atoms with Crippen LogP contribution < -0.4 is 10.2 Å². The normalized spacial score (nSPS) is 12.4. The quantitative estimate of drug-likeness (QED) is 0.462. The lowest BCUT2D eigenvalue weighted by atomic mass is 10.2. The maximum Gasteiger partial charge on any atom is 0.355 e. The van der Waals surface area contributed by atoms with Crippen molar-refractivity contribution in [3.05, 3.63) is 90.1 Å². The summed E-state index contributed by atoms with van der Waals surface area (Å²) in [6.07, 6.45) is 1.51. The van der Waals surface area contributed by atoms with E-state index in [1.807, 2.05) is 66.7 Å². The second-order valence-electron chi connectivity index (χ2n) is 6.99. The van der Waals surface area contributed by atoms with Crippen molar-refractivity contribution >= 4 is 47.0 Å². The first kappa shape index (κ1) is 21.4. The maximum absolute atomic E-state index is 13.2. The van der Waals surface area contributed by atoms with E-state index >= 15 is 0 Å². The molecule has 0 saturated carbocycles. The molecule has 1 aliphatic heterocycles. The number of esters is 1. The third-order valence-corrected chi connectivity index (χ3v) is 5.78. The van der Waals surface area contributed by atoms with E-state index in [4.69, 9.17) is 4.74 Å². The molecule has 0 spiro atoms. The summed E-state index contributed by atoms with van der Waals surface area (Å²) in [6, 6.07) is 24.2. The van der Waals surface area contributed by atoms with Gasteiger partial charge in [-0.2, -0.15) is 0 Å². The topological polar surface area (TPSA) is 75.7 Å². The van der Waals surface area contributed by atoms with E-state index in [0.29, 0.717) is 0 Å². The first-order valence-corrected chi connectivity index (χ1v) is 10.7. The van der Waals surface area contributed by atoms with E-state index in [9.17, 15) is 14.4 Å². The summed E-state index contributed by atoms with van der Waals surface area (Å²) in [5, 5.41) is 2.48. The number of amides is 2. The van der Waals surface area contributed by atoms with Gasteiger partial charge in [0.05, 0.1) is 11.4 Å². The van der Waals surface area contributed by atoms with Crippen LogP contribution in [0.2, 0.25) is 0 Å². The van der Waals surface area contributed by atoms with Crippen molar-refractivity contribution in [2.45, 2.75) is 16.7 Å². The summed E-state index contributed by atoms with van der Waals surface area (Å²) in [5.74, 6) is -1.59. The largest absolute Gasteiger partial charge is 0.451 e. The fraction of sp³-hybridized carbons (Fsp3) is 0.0800. The second-order valence-corrected chi connectivity index (χ2v) is 8.08. The second kappa shape index (κ2) is 9.53. The molecule has 3 aromatic rings. The summed E-state index contributed by atoms with van der Waals surface area (Å²) in [5.41, 5.74) is 2.15. The number of benzene rings is 3. The molecule has 1 N–H and O–H groups in total. The Morgan fingerprint density at radius 3 is 2.03 bits per heavy atom. The Morgan fingerprint density at radius 1 is 0.875 bits per heavy atom. The molecule has 6 nitrogen and oxygen atoms in total. The Bertz CT molecular complexity index is 1160. The number of para-hydroxylation sites is 2. The predicted octanol–water partition coefficient (Wildman–Crippen LogP) is 4.54. The number of ether oxygens (including phenoxy) is 1. The first-order chi connectivity index (χ1) is 15.5. The van der Waals surface area contributed by atoms with E-state index in [1.165, 1.54) is 13.0 Å². The minimum absolute atomic E-state index is 0.0356. The van der Waals surface area contributed by atoms with Crippen molar-refractivity contribution in [1.82, 2.24) is 5.32 Å². The van der Waals surface area contributed by atoms with Crippen molar-refractivity contribution in [3.63, 3.8) is 0 Å². The number of anilines is 2. The standard InChI is InChI=1S/C25H20N2O4S/c1-17(28)26-19(15-18-9-3-2-4-10-18)25(30)31-16-24(29)27-20-11-5-7-13-22(20)32-23-14-8-6-12-21(23)27/h2-15H,16H2,1H3,(H,26,28)/b19-15+. The van der Waals surface area contributed by atoms with Crippen LogP contribution >= 0.6 is 11.8 Å². The summed E-state index contributed by atoms with van der Waals surface area (Å²) in [4.78, 5) is 40.9. The lowest BCUT2D eigenvalue weighted by Crippen LogP contribution is -2.34. The molecule has 1 aliphatic rings. The third-order valence-electron chi connectivity index (χ3n) is 4.65. The number of nitrogens with one attached hydrogen (secondary N) is 1. The van der Waals surface area contributed by atoms with Gasteiger partial charge in [-0.15, -0.1) is 0 Å². The highest BCUT2D eigenvalue weighted by atomic mass is 32.2. The molecule has 0 radical (unpaired) electrons. The molecule has 4 rings (SSSR count). The Hall–Kier alpha value is -3.84. The fourth-order valence-electron chi connectivity index (χ4n) is 3.29. The average molecular weight is 445 g/mol. The lowest BCUT2D eigenvalue weighted by molar-refractivity contribution is -0.144. The highest BCUT2D eigenvalue weighted by Gasteiger charge is 2.28. The predicted molar refractivity (Wildman–Crippen MR) is 123 cm³/mol. The van der Waals surface area contributed by atoms with Gasteiger partial charge < -0.3 is 10.1 Å². The van der Waals surface area contributed by atoms with Gasteiger partial charge in [-0.05, 0) is 35.9 Å². The number of carbonyl (C=O) groups is 3. The minimum Gasteiger partial charge on any atom is -0.451 e. The van der Waals surface area contributed by atoms with E-state index in [2.05, 4.69) is 5.32 Å². The Balaban J connectivity index is 1.55. The zero-order chi connectivity index (χ0) is 22.5. The summed E-state index contributed by atoms with van der Waals surface area (Å²) < 4.78 is 5.30. The van der Waals surface area contributed by atoms with Crippen molar-refractivity contribution in [1.29, 1.82) is 0 Å². The van der Waals surface area contributed by atoms with E-state index in [0.717, 1.165) is 26.7 Å². The monoisotopic (exact) mass is 444 g/mol. The highest BCUT2D eigenvalue weighted by molar-refractivity contribution is 7.99. The molecule has 0 aromatic heterocycles. The first-order valence-electron chi connectivity index (χ1n) is 9.93. The van der Waals surface area contributed by atoms with Crippen LogP contribution in [0, 0.1) is 0 Å². The Kier molecular flexibility index (Phi) is 6.37. The van der Waals surface area contributed by atoms with Gasteiger partial charge >= 0.3 is 5.97 Å². The highest BCUT2D eigenvalue weighted by Crippen LogP contribution is 2.47. The molecule has 2 amide bonds. The van der Waals surface area contributed by atoms with E-state index < -0.39 is 18.5 Å². The number of fused-ring (bicyclic) bond motifs is 2. The fourth-order valence-corrected chi connectivity index (χ4v) is 4.35. The molecule has 0 fully saturated rings. The molecule has 7 heteroatoms. The van der Waals surface area contributed by atoms with Gasteiger partial charge in [-0.25, -0.2) is 4.79 Å². The number of hydrogen-bond acceptors (Lipinski definition) is 5. The van der Waals surface area contributed by atoms with Gasteiger partial charge in [0.15, 0.2) is 6.61 Å². The molecule has 32 heavy (non-hydrogen) atoms. The summed E-state index contributed by atoms with van der Waals surface area (Å²) in [6.45, 7) is 0.828. The Labute approximate surface area is 189 Å². The lowest BCUT2D eigenvalue weighted by Gasteiger charge is -2.30. The van der Waals surface area contributed by atoms with Gasteiger partial charge in [0.25, 0.3) is 5.91 Å². The van der Waals surface area contributed by atoms with Crippen molar-refractivity contribution < 1.29 is 19.1 Å². The average Bonchev–Trinajstić information content (AvgIpc) is 2.80. The maximum atomic E-state index is 13.2. The molecular weight excluding hydrogens is 424 g/mol. The number of nitrogens with zero attached hydrogens (tertiary/aromatic N) is 1. The smallest absolute Gasteiger partial charge is 0.355 e. The van der Waals surface area contributed by atoms with Gasteiger partial charge in [-0.1, -0.05) is 66.4 Å². The molecule has 0 aliphatic carbocycles. The number of hydrogen-bond donors (Lipinski definition) is 1.